The largest absolute Gasteiger partial charge is 0.480 e. The van der Waals surface area contributed by atoms with Crippen LogP contribution in [0, 0.1) is 0 Å². The molecule has 186 valence electrons. The molecule has 33 heavy (non-hydrogen) atoms. The highest BCUT2D eigenvalue weighted by molar-refractivity contribution is 5.96. The summed E-state index contributed by atoms with van der Waals surface area (Å²) < 4.78 is 0. The number of nitrogens with zero attached hydrogens (tertiary/aromatic N) is 2. The van der Waals surface area contributed by atoms with E-state index in [2.05, 4.69) is 15.6 Å². The van der Waals surface area contributed by atoms with E-state index in [0.29, 0.717) is 12.8 Å². The molecule has 4 unspecified atom stereocenters. The molecule has 15 nitrogen and oxygen atoms in total. The van der Waals surface area contributed by atoms with Gasteiger partial charge < -0.3 is 48.7 Å². The number of carboxylic acid groups (broad SMARTS) is 1. The zero-order valence-corrected chi connectivity index (χ0v) is 18.1. The number of carbonyl (C=O) groups is 5. The van der Waals surface area contributed by atoms with E-state index in [0.717, 1.165) is 4.90 Å². The molecular weight excluding hydrogens is 440 g/mol. The van der Waals surface area contributed by atoms with Crippen molar-refractivity contribution in [1.29, 1.82) is 0 Å². The van der Waals surface area contributed by atoms with Gasteiger partial charge in [0.1, 0.15) is 18.1 Å². The van der Waals surface area contributed by atoms with Gasteiger partial charge in [-0.2, -0.15) is 0 Å². The summed E-state index contributed by atoms with van der Waals surface area (Å²) in [5.41, 5.74) is 21.5. The number of nitrogens with one attached hydrogen (secondary N) is 2. The summed E-state index contributed by atoms with van der Waals surface area (Å²) in [6.07, 6.45) is 0.737. The van der Waals surface area contributed by atoms with Crippen LogP contribution in [0.2, 0.25) is 0 Å². The van der Waals surface area contributed by atoms with Crippen molar-refractivity contribution in [2.45, 2.75) is 56.3 Å². The smallest absolute Gasteiger partial charge is 0.328 e. The molecule has 1 aliphatic rings. The fraction of sp³-hybridized carbons (Fsp3) is 0.667. The summed E-state index contributed by atoms with van der Waals surface area (Å²) in [7, 11) is 0. The van der Waals surface area contributed by atoms with Gasteiger partial charge in [-0.1, -0.05) is 0 Å². The van der Waals surface area contributed by atoms with E-state index in [1.165, 1.54) is 0 Å². The average Bonchev–Trinajstić information content (AvgIpc) is 3.22. The summed E-state index contributed by atoms with van der Waals surface area (Å²) in [6.45, 7) is -0.435. The SMILES string of the molecule is NC(=O)CC(NC(=O)C(N)CCCN=C(N)N)C(=O)N1CCCC1C(=O)NC(CO)C(=O)O. The molecule has 0 aromatic heterocycles. The highest BCUT2D eigenvalue weighted by atomic mass is 16.4. The number of aliphatic hydroxyl groups excluding tert-OH is 1. The lowest BCUT2D eigenvalue weighted by atomic mass is 10.1. The van der Waals surface area contributed by atoms with Crippen molar-refractivity contribution < 1.29 is 34.2 Å². The van der Waals surface area contributed by atoms with Crippen molar-refractivity contribution in [2.75, 3.05) is 19.7 Å². The van der Waals surface area contributed by atoms with E-state index in [1.54, 1.807) is 0 Å². The second-order valence-electron chi connectivity index (χ2n) is 7.56. The van der Waals surface area contributed by atoms with E-state index in [4.69, 9.17) is 33.1 Å². The van der Waals surface area contributed by atoms with E-state index in [-0.39, 0.29) is 31.9 Å². The van der Waals surface area contributed by atoms with Crippen LogP contribution < -0.4 is 33.6 Å². The predicted octanol–water partition coefficient (Wildman–Crippen LogP) is -4.72. The van der Waals surface area contributed by atoms with Crippen LogP contribution in [0.15, 0.2) is 4.99 Å². The first-order valence-corrected chi connectivity index (χ1v) is 10.3. The van der Waals surface area contributed by atoms with Crippen LogP contribution in [0.5, 0.6) is 0 Å². The molecule has 15 heteroatoms. The number of carbonyl (C=O) groups excluding carboxylic acids is 4. The molecule has 0 aromatic carbocycles. The van der Waals surface area contributed by atoms with Gasteiger partial charge in [0.2, 0.25) is 23.6 Å². The number of likely N-dealkylation sites (tertiary alicyclic amines) is 1. The number of amides is 4. The lowest BCUT2D eigenvalue weighted by Gasteiger charge is -2.29. The van der Waals surface area contributed by atoms with E-state index >= 15 is 0 Å². The number of hydrogen-bond donors (Lipinski definition) is 8. The number of rotatable bonds is 13. The second-order valence-corrected chi connectivity index (χ2v) is 7.56. The maximum Gasteiger partial charge on any atom is 0.328 e. The minimum atomic E-state index is -1.53. The van der Waals surface area contributed by atoms with Crippen LogP contribution >= 0.6 is 0 Å². The third-order valence-corrected chi connectivity index (χ3v) is 4.96. The van der Waals surface area contributed by atoms with E-state index in [1.807, 2.05) is 0 Å². The van der Waals surface area contributed by atoms with Crippen molar-refractivity contribution in [2.24, 2.45) is 27.9 Å². The molecule has 4 amide bonds. The lowest BCUT2D eigenvalue weighted by Crippen LogP contribution is -2.57. The van der Waals surface area contributed by atoms with Gasteiger partial charge in [-0.05, 0) is 25.7 Å². The highest BCUT2D eigenvalue weighted by Crippen LogP contribution is 2.19. The predicted molar refractivity (Wildman–Crippen MR) is 115 cm³/mol. The standard InChI is InChI=1S/C18H32N8O7/c19-9(3-1-5-23-18(21)22)14(29)24-10(7-13(20)28)16(31)26-6-2-4-12(26)15(30)25-11(8-27)17(32)33/h9-12,27H,1-8,19H2,(H2,20,28)(H,24,29)(H,25,30)(H,32,33)(H4,21,22,23). The lowest BCUT2D eigenvalue weighted by molar-refractivity contribution is -0.146. The number of nitrogens with two attached hydrogens (primary N) is 4. The average molecular weight is 473 g/mol. The molecule has 12 N–H and O–H groups in total. The Morgan fingerprint density at radius 3 is 2.30 bits per heavy atom. The Balaban J connectivity index is 2.85. The Morgan fingerprint density at radius 1 is 1.09 bits per heavy atom. The van der Waals surface area contributed by atoms with Gasteiger partial charge in [-0.15, -0.1) is 0 Å². The number of primary amides is 1. The van der Waals surface area contributed by atoms with Crippen molar-refractivity contribution in [3.63, 3.8) is 0 Å². The molecule has 1 saturated heterocycles. The third kappa shape index (κ3) is 8.89. The molecule has 1 fully saturated rings. The van der Waals surface area contributed by atoms with E-state index < -0.39 is 66.8 Å². The van der Waals surface area contributed by atoms with Crippen LogP contribution in [-0.4, -0.2) is 94.5 Å². The zero-order valence-electron chi connectivity index (χ0n) is 18.1. The molecule has 4 atom stereocenters. The zero-order chi connectivity index (χ0) is 25.1. The maximum absolute atomic E-state index is 13.0. The monoisotopic (exact) mass is 472 g/mol. The number of carboxylic acids is 1. The molecule has 0 aromatic rings. The second kappa shape index (κ2) is 13.2. The fourth-order valence-electron chi connectivity index (χ4n) is 3.29. The Labute approximate surface area is 189 Å². The Bertz CT molecular complexity index is 771. The third-order valence-electron chi connectivity index (χ3n) is 4.96. The first kappa shape index (κ1) is 27.6. The molecule has 1 heterocycles. The van der Waals surface area contributed by atoms with E-state index in [9.17, 15) is 24.0 Å². The van der Waals surface area contributed by atoms with Gasteiger partial charge >= 0.3 is 5.97 Å². The summed E-state index contributed by atoms with van der Waals surface area (Å²) in [5.74, 6) is -4.61. The van der Waals surface area contributed by atoms with Crippen molar-refractivity contribution in [3.8, 4) is 0 Å². The summed E-state index contributed by atoms with van der Waals surface area (Å²) >= 11 is 0. The quantitative estimate of drug-likeness (QED) is 0.0720. The number of hydrogen-bond acceptors (Lipinski definition) is 8. The molecule has 0 aliphatic carbocycles. The number of aliphatic carboxylic acids is 1. The molecule has 1 rings (SSSR count). The topological polar surface area (TPSA) is 270 Å². The van der Waals surface area contributed by atoms with Crippen molar-refractivity contribution in [3.05, 3.63) is 0 Å². The van der Waals surface area contributed by atoms with Gasteiger partial charge in [0.15, 0.2) is 5.96 Å². The molecule has 0 spiro atoms. The van der Waals surface area contributed by atoms with Crippen LogP contribution in [0.1, 0.15) is 32.1 Å². The summed E-state index contributed by atoms with van der Waals surface area (Å²) in [6, 6.07) is -4.94. The van der Waals surface area contributed by atoms with Crippen LogP contribution in [0.25, 0.3) is 0 Å². The molecule has 0 saturated carbocycles. The van der Waals surface area contributed by atoms with Crippen molar-refractivity contribution >= 4 is 35.6 Å². The summed E-state index contributed by atoms with van der Waals surface area (Å²) in [4.78, 5) is 65.4. The van der Waals surface area contributed by atoms with Crippen LogP contribution in [-0.2, 0) is 24.0 Å². The Hall–Kier alpha value is -3.46. The molecule has 0 bridgehead atoms. The normalized spacial score (nSPS) is 18.0. The minimum Gasteiger partial charge on any atom is -0.480 e. The fourth-order valence-corrected chi connectivity index (χ4v) is 3.29. The number of aliphatic hydroxyl groups is 1. The van der Waals surface area contributed by atoms with Gasteiger partial charge in [-0.3, -0.25) is 24.2 Å². The molecule has 1 aliphatic heterocycles. The molecular formula is C18H32N8O7. The van der Waals surface area contributed by atoms with Crippen LogP contribution in [0.3, 0.4) is 0 Å². The van der Waals surface area contributed by atoms with Crippen LogP contribution in [0.4, 0.5) is 0 Å². The van der Waals surface area contributed by atoms with Gasteiger partial charge in [0, 0.05) is 13.1 Å². The van der Waals surface area contributed by atoms with Crippen molar-refractivity contribution in [1.82, 2.24) is 15.5 Å². The van der Waals surface area contributed by atoms with Gasteiger partial charge in [0.25, 0.3) is 0 Å². The Kier molecular flexibility index (Phi) is 11.0. The number of guanidine groups is 1. The minimum absolute atomic E-state index is 0.0991. The first-order chi connectivity index (χ1) is 15.5. The highest BCUT2D eigenvalue weighted by Gasteiger charge is 2.39. The van der Waals surface area contributed by atoms with Gasteiger partial charge in [-0.25, -0.2) is 4.79 Å². The number of aliphatic imine (C=N–C) groups is 1. The Morgan fingerprint density at radius 2 is 1.76 bits per heavy atom. The first-order valence-electron chi connectivity index (χ1n) is 10.3. The maximum atomic E-state index is 13.0. The summed E-state index contributed by atoms with van der Waals surface area (Å²) in [5, 5.41) is 22.7. The molecule has 0 radical (unpaired) electrons. The van der Waals surface area contributed by atoms with Gasteiger partial charge in [0.05, 0.1) is 19.1 Å².